The third-order valence-electron chi connectivity index (χ3n) is 5.59. The van der Waals surface area contributed by atoms with Crippen LogP contribution in [0.1, 0.15) is 42.2 Å². The van der Waals surface area contributed by atoms with Gasteiger partial charge in [0.2, 0.25) is 5.95 Å². The quantitative estimate of drug-likeness (QED) is 0.556. The molecule has 1 aliphatic heterocycles. The van der Waals surface area contributed by atoms with Crippen LogP contribution >= 0.6 is 11.3 Å². The number of thiazole rings is 1. The molecule has 1 aliphatic carbocycles. The number of aromatic nitrogens is 3. The van der Waals surface area contributed by atoms with Gasteiger partial charge in [0.1, 0.15) is 0 Å². The summed E-state index contributed by atoms with van der Waals surface area (Å²) in [7, 11) is 0. The van der Waals surface area contributed by atoms with E-state index in [9.17, 15) is 13.2 Å². The fourth-order valence-electron chi connectivity index (χ4n) is 3.76. The predicted octanol–water partition coefficient (Wildman–Crippen LogP) is 5.33. The van der Waals surface area contributed by atoms with Crippen LogP contribution in [0, 0.1) is 0 Å². The number of alkyl halides is 3. The number of anilines is 1. The van der Waals surface area contributed by atoms with Gasteiger partial charge in [0.25, 0.3) is 0 Å². The Bertz CT molecular complexity index is 1070. The first-order valence-electron chi connectivity index (χ1n) is 10.5. The summed E-state index contributed by atoms with van der Waals surface area (Å²) in [5, 5.41) is 7.59. The van der Waals surface area contributed by atoms with E-state index in [1.165, 1.54) is 23.5 Å². The lowest BCUT2D eigenvalue weighted by Crippen LogP contribution is -2.26. The van der Waals surface area contributed by atoms with E-state index in [0.29, 0.717) is 34.9 Å². The third kappa shape index (κ3) is 4.57. The molecule has 1 aromatic carbocycles. The van der Waals surface area contributed by atoms with E-state index in [-0.39, 0.29) is 0 Å². The Morgan fingerprint density at radius 2 is 1.84 bits per heavy atom. The second kappa shape index (κ2) is 8.20. The summed E-state index contributed by atoms with van der Waals surface area (Å²) in [5.41, 5.74) is 1.02. The Hall–Kier alpha value is -2.52. The number of nitrogens with zero attached hydrogens (tertiary/aromatic N) is 3. The molecule has 162 valence electrons. The van der Waals surface area contributed by atoms with Gasteiger partial charge < -0.3 is 10.6 Å². The van der Waals surface area contributed by atoms with Crippen molar-refractivity contribution in [3.8, 4) is 21.8 Å². The number of rotatable bonds is 5. The smallest absolute Gasteiger partial charge is 0.351 e. The van der Waals surface area contributed by atoms with E-state index in [0.717, 1.165) is 54.7 Å². The minimum atomic E-state index is -4.40. The Morgan fingerprint density at radius 1 is 1.03 bits per heavy atom. The highest BCUT2D eigenvalue weighted by atomic mass is 32.1. The van der Waals surface area contributed by atoms with Gasteiger partial charge in [-0.25, -0.2) is 15.0 Å². The van der Waals surface area contributed by atoms with E-state index >= 15 is 0 Å². The Kier molecular flexibility index (Phi) is 5.39. The van der Waals surface area contributed by atoms with Gasteiger partial charge in [0.05, 0.1) is 26.8 Å². The maximum Gasteiger partial charge on any atom is 0.416 e. The molecule has 0 unspecified atom stereocenters. The molecular formula is C22H22F3N5S. The summed E-state index contributed by atoms with van der Waals surface area (Å²) in [6.07, 6.45) is 1.42. The van der Waals surface area contributed by atoms with Crippen molar-refractivity contribution in [3.05, 3.63) is 47.1 Å². The van der Waals surface area contributed by atoms with Crippen molar-refractivity contribution in [3.63, 3.8) is 0 Å². The van der Waals surface area contributed by atoms with Crippen molar-refractivity contribution >= 4 is 17.3 Å². The van der Waals surface area contributed by atoms with Crippen LogP contribution in [-0.4, -0.2) is 34.1 Å². The van der Waals surface area contributed by atoms with Gasteiger partial charge in [-0.15, -0.1) is 11.3 Å². The number of halogens is 3. The molecule has 5 nitrogen and oxygen atoms in total. The van der Waals surface area contributed by atoms with Gasteiger partial charge in [-0.05, 0) is 57.0 Å². The highest BCUT2D eigenvalue weighted by Gasteiger charge is 2.31. The largest absolute Gasteiger partial charge is 0.416 e. The molecule has 2 N–H and O–H groups in total. The molecule has 3 heterocycles. The van der Waals surface area contributed by atoms with Gasteiger partial charge in [0, 0.05) is 23.7 Å². The minimum absolute atomic E-state index is 0.301. The maximum atomic E-state index is 13.3. The predicted molar refractivity (Wildman–Crippen MR) is 115 cm³/mol. The van der Waals surface area contributed by atoms with Crippen LogP contribution < -0.4 is 10.6 Å². The van der Waals surface area contributed by atoms with Crippen LogP contribution in [0.4, 0.5) is 19.1 Å². The summed E-state index contributed by atoms with van der Waals surface area (Å²) in [4.78, 5) is 14.6. The van der Waals surface area contributed by atoms with Gasteiger partial charge in [-0.1, -0.05) is 12.1 Å². The number of benzene rings is 1. The van der Waals surface area contributed by atoms with Crippen LogP contribution in [0.2, 0.25) is 0 Å². The molecule has 5 rings (SSSR count). The van der Waals surface area contributed by atoms with E-state index < -0.39 is 11.7 Å². The third-order valence-corrected chi connectivity index (χ3v) is 6.83. The van der Waals surface area contributed by atoms with Crippen LogP contribution in [0.15, 0.2) is 36.5 Å². The van der Waals surface area contributed by atoms with E-state index in [1.54, 1.807) is 18.3 Å². The van der Waals surface area contributed by atoms with Crippen LogP contribution in [0.5, 0.6) is 0 Å². The molecule has 3 aromatic rings. The molecule has 0 spiro atoms. The number of nitrogens with one attached hydrogen (secondary N) is 2. The lowest BCUT2D eigenvalue weighted by Gasteiger charge is -2.20. The molecule has 0 amide bonds. The highest BCUT2D eigenvalue weighted by molar-refractivity contribution is 7.15. The lowest BCUT2D eigenvalue weighted by atomic mass is 9.99. The second-order valence-corrected chi connectivity index (χ2v) is 9.05. The van der Waals surface area contributed by atoms with Crippen LogP contribution in [0.25, 0.3) is 21.8 Å². The molecule has 1 saturated heterocycles. The van der Waals surface area contributed by atoms with E-state index in [1.807, 2.05) is 0 Å². The fraction of sp³-hybridized carbons (Fsp3) is 0.409. The Morgan fingerprint density at radius 3 is 2.58 bits per heavy atom. The normalized spacial score (nSPS) is 17.6. The van der Waals surface area contributed by atoms with Crippen molar-refractivity contribution in [2.45, 2.75) is 43.8 Å². The molecule has 0 atom stereocenters. The van der Waals surface area contributed by atoms with E-state index in [4.69, 9.17) is 4.98 Å². The second-order valence-electron chi connectivity index (χ2n) is 8.02. The van der Waals surface area contributed by atoms with Crippen molar-refractivity contribution in [1.82, 2.24) is 20.3 Å². The van der Waals surface area contributed by atoms with Gasteiger partial charge in [-0.3, -0.25) is 0 Å². The zero-order valence-corrected chi connectivity index (χ0v) is 17.6. The zero-order chi connectivity index (χ0) is 21.4. The summed E-state index contributed by atoms with van der Waals surface area (Å²) in [6, 6.07) is 7.59. The molecular weight excluding hydrogens is 423 g/mol. The number of piperidine rings is 1. The lowest BCUT2D eigenvalue weighted by molar-refractivity contribution is -0.137. The molecule has 2 fully saturated rings. The number of hydrogen-bond acceptors (Lipinski definition) is 6. The average Bonchev–Trinajstić information content (AvgIpc) is 3.47. The van der Waals surface area contributed by atoms with Gasteiger partial charge in [-0.2, -0.15) is 13.2 Å². The maximum absolute atomic E-state index is 13.3. The minimum Gasteiger partial charge on any atom is -0.351 e. The molecule has 9 heteroatoms. The van der Waals surface area contributed by atoms with Gasteiger partial charge in [0.15, 0.2) is 0 Å². The summed E-state index contributed by atoms with van der Waals surface area (Å²) >= 11 is 1.53. The molecule has 0 radical (unpaired) electrons. The zero-order valence-electron chi connectivity index (χ0n) is 16.7. The summed E-state index contributed by atoms with van der Waals surface area (Å²) < 4.78 is 40.0. The summed E-state index contributed by atoms with van der Waals surface area (Å²) in [6.45, 7) is 1.84. The Balaban J connectivity index is 1.58. The number of hydrogen-bond donors (Lipinski definition) is 2. The van der Waals surface area contributed by atoms with Crippen LogP contribution in [0.3, 0.4) is 0 Å². The topological polar surface area (TPSA) is 62.7 Å². The molecule has 31 heavy (non-hydrogen) atoms. The monoisotopic (exact) mass is 445 g/mol. The average molecular weight is 446 g/mol. The fourth-order valence-corrected chi connectivity index (χ4v) is 4.98. The molecule has 2 aromatic heterocycles. The molecule has 2 aliphatic rings. The SMILES string of the molecule is FC(F)(F)c1cccc(-c2nc(C3CCNCC3)sc2-c2ccnc(NC3CC3)n2)c1. The van der Waals surface area contributed by atoms with Crippen molar-refractivity contribution in [1.29, 1.82) is 0 Å². The highest BCUT2D eigenvalue weighted by Crippen LogP contribution is 2.42. The van der Waals surface area contributed by atoms with Crippen molar-refractivity contribution in [2.75, 3.05) is 18.4 Å². The van der Waals surface area contributed by atoms with Crippen molar-refractivity contribution < 1.29 is 13.2 Å². The van der Waals surface area contributed by atoms with E-state index in [2.05, 4.69) is 20.6 Å². The first kappa shape index (κ1) is 20.4. The molecule has 0 bridgehead atoms. The van der Waals surface area contributed by atoms with Crippen LogP contribution in [-0.2, 0) is 6.18 Å². The Labute approximate surface area is 182 Å². The first-order chi connectivity index (χ1) is 15.0. The standard InChI is InChI=1S/C22H22F3N5S/c23-22(24,25)15-3-1-2-14(12-15)18-19(31-20(30-18)13-6-9-26-10-7-13)17-8-11-27-21(29-17)28-16-4-5-16/h1-3,8,11-13,16,26H,4-7,9-10H2,(H,27,28,29). The molecule has 1 saturated carbocycles. The summed E-state index contributed by atoms with van der Waals surface area (Å²) in [5.74, 6) is 0.849. The van der Waals surface area contributed by atoms with Crippen molar-refractivity contribution in [2.24, 2.45) is 0 Å². The van der Waals surface area contributed by atoms with Gasteiger partial charge >= 0.3 is 6.18 Å². The first-order valence-corrected chi connectivity index (χ1v) is 11.3.